The molecule has 0 unspecified atom stereocenters. The molecule has 1 aliphatic heterocycles. The van der Waals surface area contributed by atoms with Gasteiger partial charge in [-0.2, -0.15) is 5.10 Å². The van der Waals surface area contributed by atoms with Crippen molar-refractivity contribution in [2.75, 3.05) is 13.7 Å². The Morgan fingerprint density at radius 2 is 1.92 bits per heavy atom. The molecule has 37 heavy (non-hydrogen) atoms. The van der Waals surface area contributed by atoms with Crippen molar-refractivity contribution in [3.05, 3.63) is 95.4 Å². The Kier molecular flexibility index (Phi) is 7.04. The van der Waals surface area contributed by atoms with E-state index in [-0.39, 0.29) is 12.1 Å². The maximum absolute atomic E-state index is 13.8. The largest absolute Gasteiger partial charge is 0.497 e. The molecular formula is C30H35N5O2. The van der Waals surface area contributed by atoms with Gasteiger partial charge in [0.25, 0.3) is 0 Å². The van der Waals surface area contributed by atoms with Gasteiger partial charge in [0.1, 0.15) is 11.6 Å². The molecule has 5 rings (SSSR count). The standard InChI is InChI=1S/C30H35N5O2/c1-5-26-25-20-34(30(36)31-17-16-21(2)3)28(22-11-9-14-24(19-22)37-4)27-15-10-18-33(27)29(25)35(32-26)23-12-7-6-8-13-23/h6-15,18-19,21,28H,5,16-17,20H2,1-4H3,(H,31,36)/t28-/m1/s1. The van der Waals surface area contributed by atoms with Crippen LogP contribution in [0.25, 0.3) is 11.5 Å². The number of nitrogens with zero attached hydrogens (tertiary/aromatic N) is 4. The van der Waals surface area contributed by atoms with Crippen LogP contribution in [0.3, 0.4) is 0 Å². The Balaban J connectivity index is 1.69. The molecule has 1 atom stereocenters. The second-order valence-electron chi connectivity index (χ2n) is 9.87. The second-order valence-corrected chi connectivity index (χ2v) is 9.87. The summed E-state index contributed by atoms with van der Waals surface area (Å²) in [5.74, 6) is 2.26. The summed E-state index contributed by atoms with van der Waals surface area (Å²) in [5.41, 5.74) is 5.05. The number of carbonyl (C=O) groups excluding carboxylic acids is 1. The summed E-state index contributed by atoms with van der Waals surface area (Å²) in [5, 5.41) is 8.21. The number of aromatic nitrogens is 3. The van der Waals surface area contributed by atoms with Gasteiger partial charge in [-0.15, -0.1) is 0 Å². The zero-order chi connectivity index (χ0) is 25.9. The van der Waals surface area contributed by atoms with Crippen molar-refractivity contribution in [2.24, 2.45) is 5.92 Å². The molecule has 192 valence electrons. The fourth-order valence-corrected chi connectivity index (χ4v) is 5.08. The van der Waals surface area contributed by atoms with Crippen molar-refractivity contribution < 1.29 is 9.53 Å². The second kappa shape index (κ2) is 10.5. The van der Waals surface area contributed by atoms with Gasteiger partial charge in [0, 0.05) is 18.3 Å². The minimum atomic E-state index is -0.300. The van der Waals surface area contributed by atoms with Crippen LogP contribution in [-0.4, -0.2) is 38.9 Å². The minimum absolute atomic E-state index is 0.0800. The Morgan fingerprint density at radius 3 is 2.65 bits per heavy atom. The molecule has 0 aliphatic carbocycles. The molecule has 0 spiro atoms. The molecule has 2 aromatic carbocycles. The van der Waals surface area contributed by atoms with Crippen LogP contribution in [-0.2, 0) is 13.0 Å². The Labute approximate surface area is 218 Å². The van der Waals surface area contributed by atoms with E-state index in [4.69, 9.17) is 9.84 Å². The van der Waals surface area contributed by atoms with Gasteiger partial charge >= 0.3 is 6.03 Å². The number of ether oxygens (including phenoxy) is 1. The van der Waals surface area contributed by atoms with Crippen molar-refractivity contribution in [1.82, 2.24) is 24.6 Å². The number of amides is 2. The van der Waals surface area contributed by atoms with E-state index in [0.717, 1.165) is 52.6 Å². The third-order valence-electron chi connectivity index (χ3n) is 6.97. The number of rotatable bonds is 7. The van der Waals surface area contributed by atoms with Crippen LogP contribution in [0.2, 0.25) is 0 Å². The third-order valence-corrected chi connectivity index (χ3v) is 6.97. The zero-order valence-corrected chi connectivity index (χ0v) is 22.0. The van der Waals surface area contributed by atoms with Crippen LogP contribution in [0, 0.1) is 5.92 Å². The molecule has 0 saturated heterocycles. The number of carbonyl (C=O) groups is 1. The summed E-state index contributed by atoms with van der Waals surface area (Å²) < 4.78 is 9.76. The van der Waals surface area contributed by atoms with E-state index in [1.54, 1.807) is 7.11 Å². The van der Waals surface area contributed by atoms with Crippen molar-refractivity contribution in [3.63, 3.8) is 0 Å². The number of para-hydroxylation sites is 1. The fourth-order valence-electron chi connectivity index (χ4n) is 5.08. The van der Waals surface area contributed by atoms with Crippen molar-refractivity contribution in [1.29, 1.82) is 0 Å². The molecular weight excluding hydrogens is 462 g/mol. The van der Waals surface area contributed by atoms with E-state index < -0.39 is 0 Å². The van der Waals surface area contributed by atoms with E-state index in [9.17, 15) is 4.79 Å². The fraction of sp³-hybridized carbons (Fsp3) is 0.333. The maximum Gasteiger partial charge on any atom is 0.318 e. The van der Waals surface area contributed by atoms with Gasteiger partial charge in [0.15, 0.2) is 0 Å². The predicted octanol–water partition coefficient (Wildman–Crippen LogP) is 5.89. The molecule has 0 bridgehead atoms. The number of fused-ring (bicyclic) bond motifs is 3. The summed E-state index contributed by atoms with van der Waals surface area (Å²) in [6, 6.07) is 22.0. The maximum atomic E-state index is 13.8. The average Bonchev–Trinajstić information content (AvgIpc) is 3.50. The molecule has 1 aliphatic rings. The zero-order valence-electron chi connectivity index (χ0n) is 22.0. The molecule has 0 saturated carbocycles. The SMILES string of the molecule is CCc1nn(-c2ccccc2)c2c1CN(C(=O)NCCC(C)C)[C@H](c1cccc(OC)c1)c1cccn1-2. The van der Waals surface area contributed by atoms with Crippen molar-refractivity contribution >= 4 is 6.03 Å². The Morgan fingerprint density at radius 1 is 1.11 bits per heavy atom. The lowest BCUT2D eigenvalue weighted by Gasteiger charge is -2.31. The highest BCUT2D eigenvalue weighted by Gasteiger charge is 2.36. The normalized spacial score (nSPS) is 14.7. The first kappa shape index (κ1) is 24.7. The molecule has 4 aromatic rings. The first-order valence-corrected chi connectivity index (χ1v) is 13.0. The van der Waals surface area contributed by atoms with Crippen LogP contribution in [0.5, 0.6) is 5.75 Å². The van der Waals surface area contributed by atoms with Crippen LogP contribution in [0.15, 0.2) is 72.9 Å². The van der Waals surface area contributed by atoms with E-state index in [2.05, 4.69) is 61.1 Å². The van der Waals surface area contributed by atoms with Crippen LogP contribution < -0.4 is 10.1 Å². The summed E-state index contributed by atoms with van der Waals surface area (Å²) >= 11 is 0. The van der Waals surface area contributed by atoms with E-state index in [1.165, 1.54) is 0 Å². The molecule has 2 aromatic heterocycles. The first-order valence-electron chi connectivity index (χ1n) is 13.0. The van der Waals surface area contributed by atoms with Crippen molar-refractivity contribution in [2.45, 2.75) is 46.2 Å². The third kappa shape index (κ3) is 4.73. The highest BCUT2D eigenvalue weighted by Crippen LogP contribution is 2.39. The van der Waals surface area contributed by atoms with E-state index >= 15 is 0 Å². The number of nitrogens with one attached hydrogen (secondary N) is 1. The van der Waals surface area contributed by atoms with Gasteiger partial charge in [0.2, 0.25) is 0 Å². The molecule has 7 heteroatoms. The van der Waals surface area contributed by atoms with Gasteiger partial charge in [-0.1, -0.05) is 51.1 Å². The number of aryl methyl sites for hydroxylation is 1. The summed E-state index contributed by atoms with van der Waals surface area (Å²) in [6.07, 6.45) is 3.77. The van der Waals surface area contributed by atoms with Gasteiger partial charge in [-0.05, 0) is 60.7 Å². The first-order chi connectivity index (χ1) is 18.0. The van der Waals surface area contributed by atoms with E-state index in [1.807, 2.05) is 52.0 Å². The molecule has 1 N–H and O–H groups in total. The average molecular weight is 498 g/mol. The minimum Gasteiger partial charge on any atom is -0.497 e. The van der Waals surface area contributed by atoms with Gasteiger partial charge in [-0.3, -0.25) is 0 Å². The van der Waals surface area contributed by atoms with Gasteiger partial charge < -0.3 is 19.5 Å². The van der Waals surface area contributed by atoms with Gasteiger partial charge in [0.05, 0.1) is 36.8 Å². The van der Waals surface area contributed by atoms with Crippen LogP contribution in [0.1, 0.15) is 55.7 Å². The number of urea groups is 1. The van der Waals surface area contributed by atoms with Crippen LogP contribution >= 0.6 is 0 Å². The topological polar surface area (TPSA) is 64.3 Å². The molecule has 3 heterocycles. The lowest BCUT2D eigenvalue weighted by Crippen LogP contribution is -2.42. The predicted molar refractivity (Wildman–Crippen MR) is 146 cm³/mol. The number of benzene rings is 2. The molecule has 0 radical (unpaired) electrons. The molecule has 2 amide bonds. The Hall–Kier alpha value is -4.00. The Bertz CT molecular complexity index is 1370. The van der Waals surface area contributed by atoms with Gasteiger partial charge in [-0.25, -0.2) is 9.48 Å². The van der Waals surface area contributed by atoms with E-state index in [0.29, 0.717) is 19.0 Å². The van der Waals surface area contributed by atoms with Crippen LogP contribution in [0.4, 0.5) is 4.79 Å². The summed E-state index contributed by atoms with van der Waals surface area (Å²) in [7, 11) is 1.67. The highest BCUT2D eigenvalue weighted by atomic mass is 16.5. The monoisotopic (exact) mass is 497 g/mol. The quantitative estimate of drug-likeness (QED) is 0.346. The lowest BCUT2D eigenvalue weighted by atomic mass is 10.0. The molecule has 7 nitrogen and oxygen atoms in total. The summed E-state index contributed by atoms with van der Waals surface area (Å²) in [4.78, 5) is 15.8. The molecule has 0 fully saturated rings. The number of hydrogen-bond donors (Lipinski definition) is 1. The summed E-state index contributed by atoms with van der Waals surface area (Å²) in [6.45, 7) is 7.54. The van der Waals surface area contributed by atoms with Crippen molar-refractivity contribution in [3.8, 4) is 17.3 Å². The number of hydrogen-bond acceptors (Lipinski definition) is 3. The highest BCUT2D eigenvalue weighted by molar-refractivity contribution is 5.76. The lowest BCUT2D eigenvalue weighted by molar-refractivity contribution is 0.180. The smallest absolute Gasteiger partial charge is 0.318 e. The number of methoxy groups -OCH3 is 1.